The highest BCUT2D eigenvalue weighted by molar-refractivity contribution is 5.89. The quantitative estimate of drug-likeness (QED) is 0.115. The van der Waals surface area contributed by atoms with Crippen molar-refractivity contribution in [2.75, 3.05) is 6.61 Å². The van der Waals surface area contributed by atoms with Crippen molar-refractivity contribution in [3.05, 3.63) is 53.6 Å². The molecule has 37 heavy (non-hydrogen) atoms. The highest BCUT2D eigenvalue weighted by Crippen LogP contribution is 2.32. The van der Waals surface area contributed by atoms with Gasteiger partial charge in [-0.25, -0.2) is 9.59 Å². The summed E-state index contributed by atoms with van der Waals surface area (Å²) >= 11 is 0. The molecule has 0 aromatic heterocycles. The molecular formula is C24H26O13. The summed E-state index contributed by atoms with van der Waals surface area (Å²) in [4.78, 5) is 23.8. The van der Waals surface area contributed by atoms with E-state index in [2.05, 4.69) is 0 Å². The van der Waals surface area contributed by atoms with Crippen LogP contribution in [0, 0.1) is 0 Å². The Morgan fingerprint density at radius 2 is 1.65 bits per heavy atom. The molecule has 1 aliphatic heterocycles. The van der Waals surface area contributed by atoms with E-state index in [0.29, 0.717) is 5.56 Å². The standard InChI is InChI=1S/C24H26O13/c25-10-18-20(30)21(31)22(32)24(37-18)36-16-8-12(2-5-14(16)27)9-17(23(33)34)35-19(29)6-3-11-1-4-13(26)15(28)7-11/h1-8,17-18,20-22,24-28,30-32H,9-10H2,(H,33,34)/b6-3-/t17-,18-,20-,21+,22-,24-/m1/s1. The molecule has 13 heteroatoms. The number of aromatic hydroxyl groups is 3. The summed E-state index contributed by atoms with van der Waals surface area (Å²) in [7, 11) is 0. The number of ether oxygens (including phenoxy) is 3. The van der Waals surface area contributed by atoms with E-state index in [4.69, 9.17) is 14.2 Å². The summed E-state index contributed by atoms with van der Waals surface area (Å²) in [6.45, 7) is -0.690. The number of hydrogen-bond acceptors (Lipinski definition) is 12. The van der Waals surface area contributed by atoms with E-state index < -0.39 is 66.9 Å². The van der Waals surface area contributed by atoms with Crippen molar-refractivity contribution in [2.24, 2.45) is 0 Å². The zero-order valence-corrected chi connectivity index (χ0v) is 19.1. The second kappa shape index (κ2) is 11.9. The summed E-state index contributed by atoms with van der Waals surface area (Å²) in [5.74, 6) is -3.93. The number of carboxylic acids is 1. The summed E-state index contributed by atoms with van der Waals surface area (Å²) < 4.78 is 15.6. The number of aliphatic carboxylic acids is 1. The van der Waals surface area contributed by atoms with Crippen LogP contribution in [0.15, 0.2) is 42.5 Å². The van der Waals surface area contributed by atoms with Crippen LogP contribution in [-0.4, -0.2) is 96.2 Å². The highest BCUT2D eigenvalue weighted by atomic mass is 16.7. The van der Waals surface area contributed by atoms with E-state index in [1.165, 1.54) is 36.4 Å². The van der Waals surface area contributed by atoms with Gasteiger partial charge in [-0.3, -0.25) is 0 Å². The van der Waals surface area contributed by atoms with E-state index in [9.17, 15) is 50.4 Å². The van der Waals surface area contributed by atoms with Crippen molar-refractivity contribution < 1.29 is 64.7 Å². The molecule has 0 unspecified atom stereocenters. The lowest BCUT2D eigenvalue weighted by atomic mass is 9.99. The molecular weight excluding hydrogens is 496 g/mol. The number of aliphatic hydroxyl groups excluding tert-OH is 4. The molecule has 2 aromatic carbocycles. The Labute approximate surface area is 209 Å². The molecule has 0 radical (unpaired) electrons. The molecule has 0 amide bonds. The van der Waals surface area contributed by atoms with E-state index in [-0.39, 0.29) is 23.5 Å². The first-order chi connectivity index (χ1) is 17.5. The summed E-state index contributed by atoms with van der Waals surface area (Å²) in [6.07, 6.45) is -7.71. The van der Waals surface area contributed by atoms with Crippen LogP contribution in [0.5, 0.6) is 23.0 Å². The zero-order valence-electron chi connectivity index (χ0n) is 19.1. The van der Waals surface area contributed by atoms with Crippen LogP contribution in [0.1, 0.15) is 11.1 Å². The highest BCUT2D eigenvalue weighted by Gasteiger charge is 2.45. The lowest BCUT2D eigenvalue weighted by Gasteiger charge is -2.39. The van der Waals surface area contributed by atoms with Gasteiger partial charge in [-0.15, -0.1) is 0 Å². The third-order valence-corrected chi connectivity index (χ3v) is 5.48. The molecule has 3 rings (SSSR count). The van der Waals surface area contributed by atoms with Crippen molar-refractivity contribution in [3.8, 4) is 23.0 Å². The van der Waals surface area contributed by atoms with Crippen LogP contribution in [-0.2, 0) is 25.5 Å². The van der Waals surface area contributed by atoms with Gasteiger partial charge >= 0.3 is 11.9 Å². The Balaban J connectivity index is 1.70. The van der Waals surface area contributed by atoms with Crippen molar-refractivity contribution >= 4 is 18.0 Å². The monoisotopic (exact) mass is 522 g/mol. The van der Waals surface area contributed by atoms with Gasteiger partial charge in [0, 0.05) is 12.5 Å². The van der Waals surface area contributed by atoms with Gasteiger partial charge in [0.15, 0.2) is 23.0 Å². The maximum Gasteiger partial charge on any atom is 0.345 e. The molecule has 2 aromatic rings. The van der Waals surface area contributed by atoms with Gasteiger partial charge in [0.2, 0.25) is 12.4 Å². The second-order valence-electron chi connectivity index (χ2n) is 8.17. The Morgan fingerprint density at radius 3 is 2.30 bits per heavy atom. The summed E-state index contributed by atoms with van der Waals surface area (Å²) in [5.41, 5.74) is 0.581. The fourth-order valence-corrected chi connectivity index (χ4v) is 3.45. The van der Waals surface area contributed by atoms with Gasteiger partial charge in [-0.2, -0.15) is 0 Å². The number of phenols is 3. The molecule has 1 fully saturated rings. The number of rotatable bonds is 9. The van der Waals surface area contributed by atoms with Crippen LogP contribution in [0.2, 0.25) is 0 Å². The predicted molar refractivity (Wildman–Crippen MR) is 123 cm³/mol. The number of aliphatic hydroxyl groups is 4. The van der Waals surface area contributed by atoms with Crippen molar-refractivity contribution in [2.45, 2.75) is 43.2 Å². The number of carbonyl (C=O) groups is 2. The molecule has 6 atom stereocenters. The number of benzene rings is 2. The molecule has 0 saturated carbocycles. The minimum atomic E-state index is -1.74. The lowest BCUT2D eigenvalue weighted by Crippen LogP contribution is -2.60. The predicted octanol–water partition coefficient (Wildman–Crippen LogP) is -0.766. The number of esters is 1. The van der Waals surface area contributed by atoms with Gasteiger partial charge < -0.3 is 55.1 Å². The minimum absolute atomic E-state index is 0.241. The molecule has 13 nitrogen and oxygen atoms in total. The number of hydrogen-bond donors (Lipinski definition) is 8. The normalized spacial score (nSPS) is 24.5. The van der Waals surface area contributed by atoms with Crippen molar-refractivity contribution in [1.82, 2.24) is 0 Å². The molecule has 8 N–H and O–H groups in total. The van der Waals surface area contributed by atoms with E-state index in [1.54, 1.807) is 0 Å². The minimum Gasteiger partial charge on any atom is -0.504 e. The third kappa shape index (κ3) is 6.87. The van der Waals surface area contributed by atoms with E-state index >= 15 is 0 Å². The third-order valence-electron chi connectivity index (χ3n) is 5.48. The number of carboxylic acid groups (broad SMARTS) is 1. The summed E-state index contributed by atoms with van der Waals surface area (Å²) in [5, 5.41) is 77.6. The number of carbonyl (C=O) groups excluding carboxylic acids is 1. The maximum atomic E-state index is 12.2. The van der Waals surface area contributed by atoms with Crippen LogP contribution >= 0.6 is 0 Å². The fourth-order valence-electron chi connectivity index (χ4n) is 3.45. The van der Waals surface area contributed by atoms with E-state index in [1.807, 2.05) is 0 Å². The smallest absolute Gasteiger partial charge is 0.345 e. The van der Waals surface area contributed by atoms with Crippen LogP contribution in [0.4, 0.5) is 0 Å². The summed E-state index contributed by atoms with van der Waals surface area (Å²) in [6, 6.07) is 7.49. The molecule has 1 aliphatic rings. The van der Waals surface area contributed by atoms with Crippen molar-refractivity contribution in [3.63, 3.8) is 0 Å². The second-order valence-corrected chi connectivity index (χ2v) is 8.17. The van der Waals surface area contributed by atoms with Gasteiger partial charge in [-0.1, -0.05) is 12.1 Å². The molecule has 0 aliphatic carbocycles. The molecule has 200 valence electrons. The van der Waals surface area contributed by atoms with Crippen LogP contribution in [0.3, 0.4) is 0 Å². The first-order valence-electron chi connectivity index (χ1n) is 10.9. The molecule has 0 spiro atoms. The SMILES string of the molecule is O=C(/C=C\c1ccc(O)c(O)c1)O[C@H](Cc1ccc(O)c(O[C@@H]2O[C@H](CO)[C@@H](O)[C@H](O)[C@H]2O)c1)C(=O)O. The Bertz CT molecular complexity index is 1150. The van der Waals surface area contributed by atoms with Crippen LogP contribution < -0.4 is 4.74 Å². The van der Waals surface area contributed by atoms with Gasteiger partial charge in [0.1, 0.15) is 24.4 Å². The molecule has 1 saturated heterocycles. The first-order valence-corrected chi connectivity index (χ1v) is 10.9. The Kier molecular flexibility index (Phi) is 8.91. The largest absolute Gasteiger partial charge is 0.504 e. The average Bonchev–Trinajstić information content (AvgIpc) is 2.86. The maximum absolute atomic E-state index is 12.2. The Morgan fingerprint density at radius 1 is 0.946 bits per heavy atom. The lowest BCUT2D eigenvalue weighted by molar-refractivity contribution is -0.277. The zero-order chi connectivity index (χ0) is 27.3. The topological polar surface area (TPSA) is 224 Å². The average molecular weight is 522 g/mol. The van der Waals surface area contributed by atoms with Crippen molar-refractivity contribution in [1.29, 1.82) is 0 Å². The van der Waals surface area contributed by atoms with E-state index in [0.717, 1.165) is 12.1 Å². The first kappa shape index (κ1) is 27.7. The molecule has 1 heterocycles. The van der Waals surface area contributed by atoms with Gasteiger partial charge in [-0.05, 0) is 41.5 Å². The Hall–Kier alpha value is -3.88. The van der Waals surface area contributed by atoms with Gasteiger partial charge in [0.25, 0.3) is 0 Å². The fraction of sp³-hybridized carbons (Fsp3) is 0.333. The van der Waals surface area contributed by atoms with Crippen LogP contribution in [0.25, 0.3) is 6.08 Å². The molecule has 0 bridgehead atoms. The van der Waals surface area contributed by atoms with Gasteiger partial charge in [0.05, 0.1) is 6.61 Å². The number of phenolic OH excluding ortho intramolecular Hbond substituents is 3.